The summed E-state index contributed by atoms with van der Waals surface area (Å²) in [5.74, 6) is -0.835. The van der Waals surface area contributed by atoms with Crippen molar-refractivity contribution in [3.63, 3.8) is 0 Å². The van der Waals surface area contributed by atoms with Crippen LogP contribution in [0.3, 0.4) is 0 Å². The van der Waals surface area contributed by atoms with Crippen LogP contribution >= 0.6 is 0 Å². The van der Waals surface area contributed by atoms with Crippen LogP contribution in [0.2, 0.25) is 0 Å². The van der Waals surface area contributed by atoms with Gasteiger partial charge in [-0.25, -0.2) is 0 Å². The zero-order valence-corrected chi connectivity index (χ0v) is 52.3. The number of hydrogen-bond acceptors (Lipinski definition) is 6. The van der Waals surface area contributed by atoms with E-state index in [1.54, 1.807) is 0 Å². The number of carbonyl (C=O) groups is 3. The molecule has 1 unspecified atom stereocenters. The zero-order chi connectivity index (χ0) is 55.7. The van der Waals surface area contributed by atoms with Crippen LogP contribution in [0.4, 0.5) is 0 Å². The van der Waals surface area contributed by atoms with Gasteiger partial charge in [0, 0.05) is 19.3 Å². The Morgan fingerprint density at radius 3 is 0.714 bits per heavy atom. The van der Waals surface area contributed by atoms with Gasteiger partial charge in [-0.15, -0.1) is 0 Å². The molecular weight excluding hydrogens is 949 g/mol. The van der Waals surface area contributed by atoms with E-state index in [4.69, 9.17) is 14.2 Å². The predicted molar refractivity (Wildman–Crippen MR) is 335 cm³/mol. The van der Waals surface area contributed by atoms with Gasteiger partial charge in [-0.3, -0.25) is 14.4 Å². The number of unbranched alkanes of at least 4 members (excludes halogenated alkanes) is 50. The van der Waals surface area contributed by atoms with E-state index in [-0.39, 0.29) is 31.1 Å². The summed E-state index contributed by atoms with van der Waals surface area (Å²) in [6.07, 6.45) is 80.9. The molecule has 0 bridgehead atoms. The highest BCUT2D eigenvalue weighted by molar-refractivity contribution is 5.71. The Morgan fingerprint density at radius 2 is 0.468 bits per heavy atom. The van der Waals surface area contributed by atoms with E-state index in [0.29, 0.717) is 19.3 Å². The number of ether oxygens (including phenoxy) is 3. The number of allylic oxidation sites excluding steroid dienone is 4. The van der Waals surface area contributed by atoms with Crippen molar-refractivity contribution in [3.05, 3.63) is 24.3 Å². The highest BCUT2D eigenvalue weighted by atomic mass is 16.6. The van der Waals surface area contributed by atoms with Gasteiger partial charge in [0.25, 0.3) is 0 Å². The molecule has 0 spiro atoms. The fraction of sp³-hybridized carbons (Fsp3) is 0.901. The lowest BCUT2D eigenvalue weighted by atomic mass is 10.0. The first kappa shape index (κ1) is 74.9. The van der Waals surface area contributed by atoms with Gasteiger partial charge in [0.15, 0.2) is 6.10 Å². The lowest BCUT2D eigenvalue weighted by molar-refractivity contribution is -0.167. The highest BCUT2D eigenvalue weighted by Gasteiger charge is 2.19. The minimum absolute atomic E-state index is 0.0630. The first-order valence-electron chi connectivity index (χ1n) is 34.8. The summed E-state index contributed by atoms with van der Waals surface area (Å²) in [6.45, 7) is 6.69. The van der Waals surface area contributed by atoms with Gasteiger partial charge in [-0.05, 0) is 51.4 Å². The third kappa shape index (κ3) is 64.6. The fourth-order valence-electron chi connectivity index (χ4n) is 10.7. The average Bonchev–Trinajstić information content (AvgIpc) is 3.43. The Kier molecular flexibility index (Phi) is 64.6. The van der Waals surface area contributed by atoms with Crippen molar-refractivity contribution in [2.45, 2.75) is 399 Å². The van der Waals surface area contributed by atoms with E-state index in [0.717, 1.165) is 64.2 Å². The summed E-state index contributed by atoms with van der Waals surface area (Å²) in [4.78, 5) is 38.2. The molecular formula is C71H134O6. The Bertz CT molecular complexity index is 1240. The fourth-order valence-corrected chi connectivity index (χ4v) is 10.7. The minimum Gasteiger partial charge on any atom is -0.462 e. The molecule has 0 aliphatic rings. The van der Waals surface area contributed by atoms with Crippen LogP contribution < -0.4 is 0 Å². The molecule has 6 nitrogen and oxygen atoms in total. The minimum atomic E-state index is -0.763. The topological polar surface area (TPSA) is 78.9 Å². The Hall–Kier alpha value is -2.11. The molecule has 0 saturated carbocycles. The Labute approximate surface area is 481 Å². The molecule has 0 aliphatic heterocycles. The van der Waals surface area contributed by atoms with Gasteiger partial charge in [0.1, 0.15) is 13.2 Å². The van der Waals surface area contributed by atoms with Crippen LogP contribution in [0.1, 0.15) is 393 Å². The molecule has 0 amide bonds. The molecule has 454 valence electrons. The van der Waals surface area contributed by atoms with Gasteiger partial charge in [-0.1, -0.05) is 347 Å². The van der Waals surface area contributed by atoms with Crippen LogP contribution in [-0.2, 0) is 28.6 Å². The van der Waals surface area contributed by atoms with Crippen LogP contribution in [0.15, 0.2) is 24.3 Å². The summed E-state index contributed by atoms with van der Waals surface area (Å²) in [5.41, 5.74) is 0. The average molecular weight is 1080 g/mol. The maximum absolute atomic E-state index is 12.8. The van der Waals surface area contributed by atoms with Gasteiger partial charge >= 0.3 is 17.9 Å². The van der Waals surface area contributed by atoms with E-state index < -0.39 is 6.10 Å². The molecule has 0 fully saturated rings. The van der Waals surface area contributed by atoms with E-state index >= 15 is 0 Å². The molecule has 6 heteroatoms. The van der Waals surface area contributed by atoms with Gasteiger partial charge < -0.3 is 14.2 Å². The summed E-state index contributed by atoms with van der Waals surface area (Å²) in [7, 11) is 0. The second kappa shape index (κ2) is 66.4. The second-order valence-electron chi connectivity index (χ2n) is 23.8. The molecule has 0 aliphatic carbocycles. The van der Waals surface area contributed by atoms with Crippen molar-refractivity contribution in [2.75, 3.05) is 13.2 Å². The van der Waals surface area contributed by atoms with Crippen molar-refractivity contribution in [1.29, 1.82) is 0 Å². The van der Waals surface area contributed by atoms with Gasteiger partial charge in [0.2, 0.25) is 0 Å². The lowest BCUT2D eigenvalue weighted by Crippen LogP contribution is -2.30. The maximum Gasteiger partial charge on any atom is 0.306 e. The largest absolute Gasteiger partial charge is 0.462 e. The first-order chi connectivity index (χ1) is 38.0. The second-order valence-corrected chi connectivity index (χ2v) is 23.8. The van der Waals surface area contributed by atoms with Crippen molar-refractivity contribution in [3.8, 4) is 0 Å². The summed E-state index contributed by atoms with van der Waals surface area (Å²) in [5, 5.41) is 0. The number of esters is 3. The number of rotatable bonds is 65. The maximum atomic E-state index is 12.8. The molecule has 1 atom stereocenters. The summed E-state index contributed by atoms with van der Waals surface area (Å²) in [6, 6.07) is 0. The summed E-state index contributed by atoms with van der Waals surface area (Å²) < 4.78 is 16.9. The third-order valence-corrected chi connectivity index (χ3v) is 16.0. The molecule has 0 rings (SSSR count). The molecule has 0 N–H and O–H groups in total. The standard InChI is InChI=1S/C71H134O6/c1-4-7-10-13-16-19-22-25-26-27-28-29-30-31-32-33-34-35-36-37-38-39-40-41-42-43-44-45-46-47-50-52-55-58-61-64-70(73)76-67-68(77-71(74)65-62-59-56-53-49-24-21-18-15-12-9-6-3)66-75-69(72)63-60-57-54-51-48-23-20-17-14-11-8-5-2/h22,25,27-28,68H,4-21,23-24,26,29-67H2,1-3H3/b25-22-,28-27-. The predicted octanol–water partition coefficient (Wildman–Crippen LogP) is 23.8. The van der Waals surface area contributed by atoms with Gasteiger partial charge in [0.05, 0.1) is 0 Å². The van der Waals surface area contributed by atoms with E-state index in [1.807, 2.05) is 0 Å². The van der Waals surface area contributed by atoms with Crippen molar-refractivity contribution in [1.82, 2.24) is 0 Å². The van der Waals surface area contributed by atoms with Crippen LogP contribution in [0, 0.1) is 0 Å². The zero-order valence-electron chi connectivity index (χ0n) is 52.3. The highest BCUT2D eigenvalue weighted by Crippen LogP contribution is 2.19. The summed E-state index contributed by atoms with van der Waals surface area (Å²) >= 11 is 0. The third-order valence-electron chi connectivity index (χ3n) is 16.0. The molecule has 0 aromatic rings. The van der Waals surface area contributed by atoms with Crippen LogP contribution in [0.25, 0.3) is 0 Å². The molecule has 77 heavy (non-hydrogen) atoms. The molecule has 0 aromatic carbocycles. The number of carbonyl (C=O) groups excluding carboxylic acids is 3. The molecule has 0 saturated heterocycles. The normalized spacial score (nSPS) is 12.1. The van der Waals surface area contributed by atoms with Gasteiger partial charge in [-0.2, -0.15) is 0 Å². The molecule has 0 aromatic heterocycles. The Morgan fingerprint density at radius 1 is 0.260 bits per heavy atom. The first-order valence-corrected chi connectivity index (χ1v) is 34.8. The lowest BCUT2D eigenvalue weighted by Gasteiger charge is -2.18. The number of hydrogen-bond donors (Lipinski definition) is 0. The van der Waals surface area contributed by atoms with Crippen LogP contribution in [-0.4, -0.2) is 37.2 Å². The van der Waals surface area contributed by atoms with Crippen molar-refractivity contribution in [2.24, 2.45) is 0 Å². The van der Waals surface area contributed by atoms with E-state index in [2.05, 4.69) is 45.1 Å². The molecule has 0 radical (unpaired) electrons. The smallest absolute Gasteiger partial charge is 0.306 e. The molecule has 0 heterocycles. The SMILES string of the molecule is CCCCCCC/C=C\C/C=C\CCCCCCCCCCCCCCCCCCCCCCCCCC(=O)OCC(COC(=O)CCCCCCCCCCCCCC)OC(=O)CCCCCCCCCCCCCC. The quantitative estimate of drug-likeness (QED) is 0.0261. The monoisotopic (exact) mass is 1080 g/mol. The van der Waals surface area contributed by atoms with Crippen LogP contribution in [0.5, 0.6) is 0 Å². The Balaban J connectivity index is 3.97. The van der Waals surface area contributed by atoms with E-state index in [9.17, 15) is 14.4 Å². The van der Waals surface area contributed by atoms with Crippen molar-refractivity contribution >= 4 is 17.9 Å². The van der Waals surface area contributed by atoms with Crippen molar-refractivity contribution < 1.29 is 28.6 Å². The van der Waals surface area contributed by atoms with E-state index in [1.165, 1.54) is 289 Å².